The van der Waals surface area contributed by atoms with Crippen molar-refractivity contribution in [2.24, 2.45) is 0 Å². The lowest BCUT2D eigenvalue weighted by Crippen LogP contribution is -2.24. The van der Waals surface area contributed by atoms with Gasteiger partial charge in [0.25, 0.3) is 0 Å². The number of esters is 1. The van der Waals surface area contributed by atoms with E-state index in [4.69, 9.17) is 9.15 Å². The normalized spacial score (nSPS) is 12.4. The molecule has 3 heterocycles. The van der Waals surface area contributed by atoms with Crippen molar-refractivity contribution in [1.29, 1.82) is 0 Å². The molecule has 4 aromatic rings. The second-order valence-electron chi connectivity index (χ2n) is 9.15. The fraction of sp³-hybridized carbons (Fsp3) is 0.259. The summed E-state index contributed by atoms with van der Waals surface area (Å²) in [6.07, 6.45) is 3.29. The van der Waals surface area contributed by atoms with Gasteiger partial charge in [-0.3, -0.25) is 14.8 Å². The van der Waals surface area contributed by atoms with Gasteiger partial charge in [0, 0.05) is 35.4 Å². The summed E-state index contributed by atoms with van der Waals surface area (Å²) in [5, 5.41) is 3.81. The van der Waals surface area contributed by atoms with E-state index in [0.29, 0.717) is 39.4 Å². The molecule has 0 aliphatic heterocycles. The SMILES string of the molecule is Cc1cc2c(=O)cc(-c3ccncc3)oc2c([C@H](C)Nc2ccccc2C(=O)OC(C)(C)C)n1. The molecule has 0 fully saturated rings. The molecule has 7 heteroatoms. The number of pyridine rings is 2. The highest BCUT2D eigenvalue weighted by Gasteiger charge is 2.23. The number of nitrogens with one attached hydrogen (secondary N) is 1. The summed E-state index contributed by atoms with van der Waals surface area (Å²) in [4.78, 5) is 34.4. The number of rotatable bonds is 5. The van der Waals surface area contributed by atoms with Crippen molar-refractivity contribution in [1.82, 2.24) is 9.97 Å². The van der Waals surface area contributed by atoms with Crippen molar-refractivity contribution < 1.29 is 13.9 Å². The molecule has 0 saturated heterocycles. The molecule has 0 aliphatic carbocycles. The minimum absolute atomic E-state index is 0.152. The summed E-state index contributed by atoms with van der Waals surface area (Å²) < 4.78 is 11.8. The highest BCUT2D eigenvalue weighted by Crippen LogP contribution is 2.30. The molecule has 174 valence electrons. The molecule has 0 radical (unpaired) electrons. The first-order valence-corrected chi connectivity index (χ1v) is 11.1. The van der Waals surface area contributed by atoms with Gasteiger partial charge in [-0.1, -0.05) is 12.1 Å². The number of hydrogen-bond donors (Lipinski definition) is 1. The average Bonchev–Trinajstić information content (AvgIpc) is 2.78. The maximum atomic E-state index is 12.9. The van der Waals surface area contributed by atoms with Gasteiger partial charge in [-0.2, -0.15) is 0 Å². The molecule has 0 aliphatic rings. The summed E-state index contributed by atoms with van der Waals surface area (Å²) >= 11 is 0. The summed E-state index contributed by atoms with van der Waals surface area (Å²) in [5.41, 5.74) is 2.67. The largest absolute Gasteiger partial charge is 0.456 e. The third-order valence-electron chi connectivity index (χ3n) is 5.16. The van der Waals surface area contributed by atoms with Gasteiger partial charge in [0.05, 0.1) is 17.0 Å². The van der Waals surface area contributed by atoms with E-state index in [0.717, 1.165) is 5.56 Å². The first-order chi connectivity index (χ1) is 16.1. The lowest BCUT2D eigenvalue weighted by Gasteiger charge is -2.22. The summed E-state index contributed by atoms with van der Waals surface area (Å²) in [6, 6.07) is 13.6. The molecule has 3 aromatic heterocycles. The van der Waals surface area contributed by atoms with Crippen LogP contribution in [-0.2, 0) is 4.74 Å². The predicted octanol–water partition coefficient (Wildman–Crippen LogP) is 5.69. The second-order valence-corrected chi connectivity index (χ2v) is 9.15. The van der Waals surface area contributed by atoms with Gasteiger partial charge in [0.2, 0.25) is 0 Å². The van der Waals surface area contributed by atoms with Gasteiger partial charge >= 0.3 is 5.97 Å². The predicted molar refractivity (Wildman–Crippen MR) is 132 cm³/mol. The molecule has 0 amide bonds. The molecule has 4 rings (SSSR count). The molecule has 0 bridgehead atoms. The average molecular weight is 458 g/mol. The van der Waals surface area contributed by atoms with E-state index >= 15 is 0 Å². The standard InChI is InChI=1S/C27H27N3O4/c1-16-14-20-22(31)15-23(18-10-12-28-13-11-18)33-25(20)24(29-16)17(2)30-21-9-7-6-8-19(21)26(32)34-27(3,4)5/h6-15,17,30H,1-5H3/t17-/m0/s1. The lowest BCUT2D eigenvalue weighted by molar-refractivity contribution is 0.00706. The number of carbonyl (C=O) groups is 1. The van der Waals surface area contributed by atoms with Crippen LogP contribution in [0.5, 0.6) is 0 Å². The number of benzene rings is 1. The zero-order chi connectivity index (χ0) is 24.5. The second kappa shape index (κ2) is 9.09. The Bertz CT molecular complexity index is 1410. The van der Waals surface area contributed by atoms with E-state index < -0.39 is 11.6 Å². The van der Waals surface area contributed by atoms with Crippen molar-refractivity contribution in [3.63, 3.8) is 0 Å². The van der Waals surface area contributed by atoms with E-state index in [1.54, 1.807) is 42.7 Å². The first-order valence-electron chi connectivity index (χ1n) is 11.1. The molecule has 1 atom stereocenters. The quantitative estimate of drug-likeness (QED) is 0.385. The monoisotopic (exact) mass is 457 g/mol. The van der Waals surface area contributed by atoms with Crippen molar-refractivity contribution >= 4 is 22.6 Å². The minimum Gasteiger partial charge on any atom is -0.456 e. The number of aryl methyl sites for hydroxylation is 1. The zero-order valence-corrected chi connectivity index (χ0v) is 19.9. The number of nitrogens with zero attached hydrogens (tertiary/aromatic N) is 2. The van der Waals surface area contributed by atoms with Crippen molar-refractivity contribution in [2.45, 2.75) is 46.3 Å². The van der Waals surface area contributed by atoms with Gasteiger partial charge in [0.1, 0.15) is 17.1 Å². The first kappa shape index (κ1) is 23.2. The highest BCUT2D eigenvalue weighted by molar-refractivity contribution is 5.96. The van der Waals surface area contributed by atoms with Crippen molar-refractivity contribution in [3.8, 4) is 11.3 Å². The number of para-hydroxylation sites is 1. The summed E-state index contributed by atoms with van der Waals surface area (Å²) in [5.74, 6) is 0.0181. The van der Waals surface area contributed by atoms with Crippen LogP contribution in [0, 0.1) is 6.92 Å². The van der Waals surface area contributed by atoms with Crippen molar-refractivity contribution in [3.05, 3.63) is 88.1 Å². The Labute approximate surface area is 197 Å². The summed E-state index contributed by atoms with van der Waals surface area (Å²) in [6.45, 7) is 9.23. The molecular weight excluding hydrogens is 430 g/mol. The third kappa shape index (κ3) is 4.98. The van der Waals surface area contributed by atoms with Crippen LogP contribution in [0.2, 0.25) is 0 Å². The number of hydrogen-bond acceptors (Lipinski definition) is 7. The molecule has 1 aromatic carbocycles. The fourth-order valence-corrected chi connectivity index (χ4v) is 3.69. The molecule has 0 spiro atoms. The van der Waals surface area contributed by atoms with E-state index in [9.17, 15) is 9.59 Å². The van der Waals surface area contributed by atoms with Gasteiger partial charge in [-0.15, -0.1) is 0 Å². The van der Waals surface area contributed by atoms with Gasteiger partial charge in [0.15, 0.2) is 11.0 Å². The van der Waals surface area contributed by atoms with Crippen LogP contribution in [0.1, 0.15) is 55.5 Å². The van der Waals surface area contributed by atoms with E-state index in [-0.39, 0.29) is 11.5 Å². The van der Waals surface area contributed by atoms with Crippen LogP contribution < -0.4 is 10.7 Å². The smallest absolute Gasteiger partial charge is 0.340 e. The number of fused-ring (bicyclic) bond motifs is 1. The molecular formula is C27H27N3O4. The van der Waals surface area contributed by atoms with Crippen LogP contribution in [0.3, 0.4) is 0 Å². The van der Waals surface area contributed by atoms with Gasteiger partial charge in [-0.05, 0) is 65.0 Å². The van der Waals surface area contributed by atoms with Crippen LogP contribution in [0.4, 0.5) is 5.69 Å². The maximum absolute atomic E-state index is 12.9. The topological polar surface area (TPSA) is 94.3 Å². The van der Waals surface area contributed by atoms with Gasteiger partial charge in [-0.25, -0.2) is 4.79 Å². The molecule has 34 heavy (non-hydrogen) atoms. The van der Waals surface area contributed by atoms with E-state index in [1.807, 2.05) is 46.8 Å². The number of ether oxygens (including phenoxy) is 1. The maximum Gasteiger partial charge on any atom is 0.340 e. The Hall–Kier alpha value is -4.00. The number of anilines is 1. The van der Waals surface area contributed by atoms with E-state index in [1.165, 1.54) is 6.07 Å². The minimum atomic E-state index is -0.614. The number of aromatic nitrogens is 2. The number of carbonyl (C=O) groups excluding carboxylic acids is 1. The van der Waals surface area contributed by atoms with Crippen molar-refractivity contribution in [2.75, 3.05) is 5.32 Å². The molecule has 0 unspecified atom stereocenters. The molecule has 7 nitrogen and oxygen atoms in total. The Morgan fingerprint density at radius 1 is 1.09 bits per heavy atom. The Morgan fingerprint density at radius 3 is 2.50 bits per heavy atom. The van der Waals surface area contributed by atoms with E-state index in [2.05, 4.69) is 15.3 Å². The fourth-order valence-electron chi connectivity index (χ4n) is 3.69. The Balaban J connectivity index is 1.77. The summed E-state index contributed by atoms with van der Waals surface area (Å²) in [7, 11) is 0. The molecule has 1 N–H and O–H groups in total. The third-order valence-corrected chi connectivity index (χ3v) is 5.16. The zero-order valence-electron chi connectivity index (χ0n) is 19.9. The highest BCUT2D eigenvalue weighted by atomic mass is 16.6. The van der Waals surface area contributed by atoms with Crippen LogP contribution in [0.25, 0.3) is 22.3 Å². The Kier molecular flexibility index (Phi) is 6.20. The Morgan fingerprint density at radius 2 is 1.79 bits per heavy atom. The van der Waals surface area contributed by atoms with Crippen LogP contribution in [0.15, 0.2) is 70.1 Å². The van der Waals surface area contributed by atoms with Crippen LogP contribution in [-0.4, -0.2) is 21.5 Å². The molecule has 0 saturated carbocycles. The van der Waals surface area contributed by atoms with Gasteiger partial charge < -0.3 is 14.5 Å². The van der Waals surface area contributed by atoms with Crippen LogP contribution >= 0.6 is 0 Å². The lowest BCUT2D eigenvalue weighted by atomic mass is 10.1.